The summed E-state index contributed by atoms with van der Waals surface area (Å²) in [5, 5.41) is -0.372. The fraction of sp³-hybridized carbons (Fsp3) is 0.120. The van der Waals surface area contributed by atoms with E-state index in [2.05, 4.69) is 0 Å². The maximum absolute atomic E-state index is 12.7. The monoisotopic (exact) mass is 511 g/mol. The first-order chi connectivity index (χ1) is 16.9. The largest absolute Gasteiger partial charge is 0.497 e. The number of imide groups is 1. The van der Waals surface area contributed by atoms with Gasteiger partial charge in [-0.1, -0.05) is 30.3 Å². The van der Waals surface area contributed by atoms with E-state index in [1.807, 2.05) is 18.2 Å². The first-order valence-electron chi connectivity index (χ1n) is 10.5. The van der Waals surface area contributed by atoms with Crippen LogP contribution in [-0.2, 0) is 14.9 Å². The molecule has 2 amide bonds. The number of para-hydroxylation sites is 1. The normalized spacial score (nSPS) is 14.9. The summed E-state index contributed by atoms with van der Waals surface area (Å²) in [6.07, 6.45) is 1.57. The summed E-state index contributed by atoms with van der Waals surface area (Å²) in [5.41, 5.74) is 0.616. The van der Waals surface area contributed by atoms with Crippen LogP contribution in [0.25, 0.3) is 6.08 Å². The zero-order valence-corrected chi connectivity index (χ0v) is 20.3. The van der Waals surface area contributed by atoms with Gasteiger partial charge in [-0.25, -0.2) is 0 Å². The van der Waals surface area contributed by atoms with Crippen LogP contribution < -0.4 is 13.7 Å². The Morgan fingerprint density at radius 2 is 1.51 bits per heavy atom. The van der Waals surface area contributed by atoms with Gasteiger partial charge in [0.2, 0.25) is 0 Å². The van der Waals surface area contributed by atoms with E-state index in [1.165, 1.54) is 43.5 Å². The molecule has 180 valence electrons. The molecule has 0 spiro atoms. The van der Waals surface area contributed by atoms with E-state index in [-0.39, 0.29) is 33.9 Å². The molecule has 1 heterocycles. The van der Waals surface area contributed by atoms with E-state index in [1.54, 1.807) is 30.3 Å². The van der Waals surface area contributed by atoms with Crippen molar-refractivity contribution in [2.75, 3.05) is 20.3 Å². The van der Waals surface area contributed by atoms with Crippen LogP contribution >= 0.6 is 11.8 Å². The van der Waals surface area contributed by atoms with Crippen LogP contribution in [0, 0.1) is 0 Å². The van der Waals surface area contributed by atoms with Crippen molar-refractivity contribution in [3.63, 3.8) is 0 Å². The number of methoxy groups -OCH3 is 1. The number of ether oxygens (including phenoxy) is 2. The fourth-order valence-electron chi connectivity index (χ4n) is 3.15. The Balaban J connectivity index is 1.38. The van der Waals surface area contributed by atoms with Gasteiger partial charge in [0.25, 0.3) is 11.1 Å². The molecule has 35 heavy (non-hydrogen) atoms. The average Bonchev–Trinajstić information content (AvgIpc) is 3.13. The molecule has 1 saturated heterocycles. The number of amides is 2. The van der Waals surface area contributed by atoms with Crippen LogP contribution in [-0.4, -0.2) is 44.7 Å². The maximum Gasteiger partial charge on any atom is 0.339 e. The third kappa shape index (κ3) is 6.03. The van der Waals surface area contributed by atoms with Gasteiger partial charge in [0.05, 0.1) is 18.6 Å². The first kappa shape index (κ1) is 24.4. The number of carbonyl (C=O) groups excluding carboxylic acids is 2. The summed E-state index contributed by atoms with van der Waals surface area (Å²) in [7, 11) is -2.53. The number of thioether (sulfide) groups is 1. The standard InChI is InChI=1S/C25H21NO7S2/c1-31-19-11-13-22(14-12-19)35(29,30)33-21-9-7-18(8-10-21)17-23-24(27)26(25(28)34-23)15-16-32-20-5-3-2-4-6-20/h2-14,17H,15-16H2,1H3/b23-17-. The van der Waals surface area contributed by atoms with Crippen molar-refractivity contribution in [3.8, 4) is 17.2 Å². The van der Waals surface area contributed by atoms with E-state index >= 15 is 0 Å². The molecule has 0 radical (unpaired) electrons. The number of rotatable bonds is 9. The second kappa shape index (κ2) is 10.7. The summed E-state index contributed by atoms with van der Waals surface area (Å²) in [4.78, 5) is 26.4. The van der Waals surface area contributed by atoms with Crippen molar-refractivity contribution in [1.29, 1.82) is 0 Å². The second-order valence-corrected chi connectivity index (χ2v) is 9.82. The molecule has 10 heteroatoms. The minimum Gasteiger partial charge on any atom is -0.497 e. The van der Waals surface area contributed by atoms with Crippen LogP contribution in [0.15, 0.2) is 88.7 Å². The number of hydrogen-bond donors (Lipinski definition) is 0. The molecule has 1 aliphatic rings. The van der Waals surface area contributed by atoms with E-state index in [0.717, 1.165) is 16.7 Å². The van der Waals surface area contributed by atoms with Crippen LogP contribution in [0.2, 0.25) is 0 Å². The SMILES string of the molecule is COc1ccc(S(=O)(=O)Oc2ccc(/C=C3\SC(=O)N(CCOc4ccccc4)C3=O)cc2)cc1. The highest BCUT2D eigenvalue weighted by molar-refractivity contribution is 8.18. The van der Waals surface area contributed by atoms with Gasteiger partial charge in [0, 0.05) is 0 Å². The van der Waals surface area contributed by atoms with Gasteiger partial charge in [0.1, 0.15) is 28.8 Å². The van der Waals surface area contributed by atoms with E-state index in [9.17, 15) is 18.0 Å². The van der Waals surface area contributed by atoms with Crippen molar-refractivity contribution in [1.82, 2.24) is 4.90 Å². The van der Waals surface area contributed by atoms with Gasteiger partial charge in [-0.3, -0.25) is 14.5 Å². The third-order valence-electron chi connectivity index (χ3n) is 4.93. The van der Waals surface area contributed by atoms with E-state index in [0.29, 0.717) is 17.1 Å². The van der Waals surface area contributed by atoms with Crippen LogP contribution in [0.5, 0.6) is 17.2 Å². The summed E-state index contributed by atoms with van der Waals surface area (Å²) < 4.78 is 40.7. The Bertz CT molecular complexity index is 1340. The number of hydrogen-bond acceptors (Lipinski definition) is 8. The summed E-state index contributed by atoms with van der Waals surface area (Å²) in [5.74, 6) is 0.899. The van der Waals surface area contributed by atoms with Gasteiger partial charge in [-0.2, -0.15) is 8.42 Å². The maximum atomic E-state index is 12.7. The highest BCUT2D eigenvalue weighted by Crippen LogP contribution is 2.32. The Labute approximate surface area is 207 Å². The van der Waals surface area contributed by atoms with Crippen molar-refractivity contribution in [2.24, 2.45) is 0 Å². The Kier molecular flexibility index (Phi) is 7.42. The molecule has 0 atom stereocenters. The van der Waals surface area contributed by atoms with Gasteiger partial charge < -0.3 is 13.7 Å². The third-order valence-corrected chi connectivity index (χ3v) is 7.10. The summed E-state index contributed by atoms with van der Waals surface area (Å²) in [6.45, 7) is 0.316. The smallest absolute Gasteiger partial charge is 0.339 e. The van der Waals surface area contributed by atoms with Gasteiger partial charge in [-0.15, -0.1) is 0 Å². The molecule has 1 fully saturated rings. The molecule has 4 rings (SSSR count). The minimum absolute atomic E-state index is 0.00713. The molecule has 3 aromatic carbocycles. The van der Waals surface area contributed by atoms with Gasteiger partial charge in [-0.05, 0) is 71.9 Å². The van der Waals surface area contributed by atoms with E-state index < -0.39 is 16.0 Å². The molecule has 1 aliphatic heterocycles. The predicted octanol–water partition coefficient (Wildman–Crippen LogP) is 4.58. The molecule has 3 aromatic rings. The van der Waals surface area contributed by atoms with Gasteiger partial charge in [0.15, 0.2) is 0 Å². The average molecular weight is 512 g/mol. The van der Waals surface area contributed by atoms with Crippen LogP contribution in [0.4, 0.5) is 4.79 Å². The lowest BCUT2D eigenvalue weighted by Gasteiger charge is -2.13. The highest BCUT2D eigenvalue weighted by Gasteiger charge is 2.34. The molecular formula is C25H21NO7S2. The lowest BCUT2D eigenvalue weighted by molar-refractivity contribution is -0.123. The van der Waals surface area contributed by atoms with Crippen LogP contribution in [0.3, 0.4) is 0 Å². The van der Waals surface area contributed by atoms with Crippen molar-refractivity contribution < 1.29 is 31.7 Å². The molecule has 0 saturated carbocycles. The zero-order valence-electron chi connectivity index (χ0n) is 18.6. The molecule has 0 N–H and O–H groups in total. The molecular weight excluding hydrogens is 490 g/mol. The number of carbonyl (C=O) groups is 2. The number of nitrogens with zero attached hydrogens (tertiary/aromatic N) is 1. The molecule has 0 bridgehead atoms. The first-order valence-corrected chi connectivity index (χ1v) is 12.7. The molecule has 0 aromatic heterocycles. The summed E-state index contributed by atoms with van der Waals surface area (Å²) in [6, 6.07) is 21.1. The molecule has 0 unspecified atom stereocenters. The Morgan fingerprint density at radius 3 is 2.17 bits per heavy atom. The highest BCUT2D eigenvalue weighted by atomic mass is 32.2. The van der Waals surface area contributed by atoms with Crippen LogP contribution in [0.1, 0.15) is 5.56 Å². The quantitative estimate of drug-likeness (QED) is 0.304. The lowest BCUT2D eigenvalue weighted by atomic mass is 10.2. The minimum atomic E-state index is -4.02. The van der Waals surface area contributed by atoms with Gasteiger partial charge >= 0.3 is 10.1 Å². The van der Waals surface area contributed by atoms with E-state index in [4.69, 9.17) is 13.7 Å². The lowest BCUT2D eigenvalue weighted by Crippen LogP contribution is -2.32. The molecule has 0 aliphatic carbocycles. The van der Waals surface area contributed by atoms with Crippen molar-refractivity contribution in [2.45, 2.75) is 4.90 Å². The number of benzene rings is 3. The molecule has 8 nitrogen and oxygen atoms in total. The topological polar surface area (TPSA) is 99.2 Å². The Hall–Kier alpha value is -3.76. The summed E-state index contributed by atoms with van der Waals surface area (Å²) >= 11 is 0.843. The predicted molar refractivity (Wildman–Crippen MR) is 132 cm³/mol. The Morgan fingerprint density at radius 1 is 0.857 bits per heavy atom. The zero-order chi connectivity index (χ0) is 24.8. The second-order valence-electron chi connectivity index (χ2n) is 7.28. The fourth-order valence-corrected chi connectivity index (χ4v) is 4.95. The van der Waals surface area contributed by atoms with Crippen molar-refractivity contribution in [3.05, 3.63) is 89.3 Å². The van der Waals surface area contributed by atoms with Crippen molar-refractivity contribution >= 4 is 39.1 Å².